The van der Waals surface area contributed by atoms with Gasteiger partial charge in [0.2, 0.25) is 5.88 Å². The van der Waals surface area contributed by atoms with Crippen LogP contribution in [0.4, 0.5) is 0 Å². The van der Waals surface area contributed by atoms with Gasteiger partial charge in [0.1, 0.15) is 30.3 Å². The first-order valence-electron chi connectivity index (χ1n) is 12.4. The molecule has 39 heavy (non-hydrogen) atoms. The van der Waals surface area contributed by atoms with E-state index in [2.05, 4.69) is 26.2 Å². The third-order valence-corrected chi connectivity index (χ3v) is 6.72. The SMILES string of the molecule is CCOC(=O)c1c(C)c(OS(C)(=O)=O)cc(Br)c1OCCNCc1c(C)cc(C)nc1OCc1ccccc1. The van der Waals surface area contributed by atoms with Gasteiger partial charge in [0.15, 0.2) is 0 Å². The molecule has 0 bridgehead atoms. The highest BCUT2D eigenvalue weighted by Crippen LogP contribution is 2.38. The maximum absolute atomic E-state index is 12.7. The molecule has 0 saturated heterocycles. The number of rotatable bonds is 13. The van der Waals surface area contributed by atoms with Crippen molar-refractivity contribution < 1.29 is 31.6 Å². The van der Waals surface area contributed by atoms with Crippen LogP contribution < -0.4 is 19.0 Å². The first-order chi connectivity index (χ1) is 18.5. The highest BCUT2D eigenvalue weighted by molar-refractivity contribution is 9.10. The number of hydrogen-bond donors (Lipinski definition) is 1. The number of carbonyl (C=O) groups is 1. The van der Waals surface area contributed by atoms with Crippen molar-refractivity contribution in [2.75, 3.05) is 26.0 Å². The Labute approximate surface area is 238 Å². The maximum Gasteiger partial charge on any atom is 0.342 e. The van der Waals surface area contributed by atoms with Crippen LogP contribution >= 0.6 is 15.9 Å². The second-order valence-electron chi connectivity index (χ2n) is 8.86. The van der Waals surface area contributed by atoms with Gasteiger partial charge in [-0.25, -0.2) is 9.78 Å². The lowest BCUT2D eigenvalue weighted by atomic mass is 10.1. The number of nitrogens with one attached hydrogen (secondary N) is 1. The Morgan fingerprint density at radius 3 is 2.46 bits per heavy atom. The molecule has 0 spiro atoms. The summed E-state index contributed by atoms with van der Waals surface area (Å²) in [6, 6.07) is 13.4. The van der Waals surface area contributed by atoms with E-state index in [0.717, 1.165) is 28.6 Å². The molecule has 9 nitrogen and oxygen atoms in total. The highest BCUT2D eigenvalue weighted by atomic mass is 79.9. The van der Waals surface area contributed by atoms with Crippen LogP contribution in [0.3, 0.4) is 0 Å². The molecular weight excluding hydrogens is 588 g/mol. The molecule has 0 aliphatic carbocycles. The fourth-order valence-corrected chi connectivity index (χ4v) is 4.89. The third kappa shape index (κ3) is 8.67. The number of hydrogen-bond acceptors (Lipinski definition) is 9. The molecule has 0 aliphatic heterocycles. The monoisotopic (exact) mass is 620 g/mol. The van der Waals surface area contributed by atoms with E-state index in [4.69, 9.17) is 18.4 Å². The van der Waals surface area contributed by atoms with E-state index in [1.807, 2.05) is 50.2 Å². The van der Waals surface area contributed by atoms with Crippen LogP contribution in [-0.2, 0) is 28.0 Å². The lowest BCUT2D eigenvalue weighted by molar-refractivity contribution is 0.0520. The number of ether oxygens (including phenoxy) is 3. The minimum absolute atomic E-state index is 0.0169. The van der Waals surface area contributed by atoms with Gasteiger partial charge in [-0.1, -0.05) is 30.3 Å². The van der Waals surface area contributed by atoms with Gasteiger partial charge < -0.3 is 23.7 Å². The average molecular weight is 622 g/mol. The molecule has 1 heterocycles. The van der Waals surface area contributed by atoms with E-state index < -0.39 is 16.1 Å². The molecule has 3 rings (SSSR count). The first kappa shape index (κ1) is 30.4. The van der Waals surface area contributed by atoms with E-state index >= 15 is 0 Å². The van der Waals surface area contributed by atoms with Gasteiger partial charge >= 0.3 is 16.1 Å². The summed E-state index contributed by atoms with van der Waals surface area (Å²) in [6.07, 6.45) is 0.934. The summed E-state index contributed by atoms with van der Waals surface area (Å²) in [6.45, 7) is 8.93. The molecule has 0 unspecified atom stereocenters. The zero-order chi connectivity index (χ0) is 28.6. The Morgan fingerprint density at radius 2 is 1.79 bits per heavy atom. The van der Waals surface area contributed by atoms with Gasteiger partial charge in [0.05, 0.1) is 17.3 Å². The van der Waals surface area contributed by atoms with Crippen molar-refractivity contribution in [1.82, 2.24) is 10.3 Å². The maximum atomic E-state index is 12.7. The molecule has 2 aromatic carbocycles. The summed E-state index contributed by atoms with van der Waals surface area (Å²) in [5, 5.41) is 3.34. The fraction of sp³-hybridized carbons (Fsp3) is 0.357. The molecule has 0 amide bonds. The molecule has 11 heteroatoms. The van der Waals surface area contributed by atoms with Gasteiger partial charge in [-0.15, -0.1) is 0 Å². The predicted octanol–water partition coefficient (Wildman–Crippen LogP) is 5.03. The molecular formula is C28H33BrN2O7S. The van der Waals surface area contributed by atoms with E-state index in [-0.39, 0.29) is 30.3 Å². The Kier molecular flexibility index (Phi) is 10.7. The zero-order valence-corrected chi connectivity index (χ0v) is 25.1. The van der Waals surface area contributed by atoms with Crippen LogP contribution in [0.25, 0.3) is 0 Å². The first-order valence-corrected chi connectivity index (χ1v) is 15.0. The molecule has 0 aliphatic rings. The van der Waals surface area contributed by atoms with Gasteiger partial charge in [-0.2, -0.15) is 8.42 Å². The van der Waals surface area contributed by atoms with E-state index in [9.17, 15) is 13.2 Å². The second kappa shape index (κ2) is 13.8. The number of aryl methyl sites for hydroxylation is 2. The Hall–Kier alpha value is -3.15. The molecule has 0 fully saturated rings. The van der Waals surface area contributed by atoms with Crippen molar-refractivity contribution in [3.8, 4) is 17.4 Å². The molecule has 0 saturated carbocycles. The molecule has 1 aromatic heterocycles. The van der Waals surface area contributed by atoms with Crippen molar-refractivity contribution in [2.45, 2.75) is 40.8 Å². The number of esters is 1. The van der Waals surface area contributed by atoms with Crippen LogP contribution in [0.2, 0.25) is 0 Å². The van der Waals surface area contributed by atoms with E-state index in [1.165, 1.54) is 6.07 Å². The number of halogens is 1. The number of carbonyl (C=O) groups excluding carboxylic acids is 1. The highest BCUT2D eigenvalue weighted by Gasteiger charge is 2.25. The van der Waals surface area contributed by atoms with Crippen molar-refractivity contribution >= 4 is 32.0 Å². The van der Waals surface area contributed by atoms with Crippen LogP contribution in [-0.4, -0.2) is 45.4 Å². The minimum atomic E-state index is -3.80. The zero-order valence-electron chi connectivity index (χ0n) is 22.7. The third-order valence-electron chi connectivity index (χ3n) is 5.65. The number of aromatic nitrogens is 1. The van der Waals surface area contributed by atoms with E-state index in [0.29, 0.717) is 35.6 Å². The van der Waals surface area contributed by atoms with Gasteiger partial charge in [0, 0.05) is 36.0 Å². The topological polar surface area (TPSA) is 113 Å². The molecule has 0 radical (unpaired) electrons. The molecule has 0 atom stereocenters. The average Bonchev–Trinajstić information content (AvgIpc) is 2.86. The Balaban J connectivity index is 1.70. The van der Waals surface area contributed by atoms with E-state index in [1.54, 1.807) is 13.8 Å². The lowest BCUT2D eigenvalue weighted by Crippen LogP contribution is -2.23. The van der Waals surface area contributed by atoms with Crippen molar-refractivity contribution in [1.29, 1.82) is 0 Å². The lowest BCUT2D eigenvalue weighted by Gasteiger charge is -2.18. The fourth-order valence-electron chi connectivity index (χ4n) is 3.87. The number of pyridine rings is 1. The molecule has 1 N–H and O–H groups in total. The summed E-state index contributed by atoms with van der Waals surface area (Å²) in [5.74, 6) is 0.199. The van der Waals surface area contributed by atoms with Crippen LogP contribution in [0, 0.1) is 20.8 Å². The van der Waals surface area contributed by atoms with Crippen LogP contribution in [0.5, 0.6) is 17.4 Å². The van der Waals surface area contributed by atoms with Gasteiger partial charge in [-0.05, 0) is 60.8 Å². The van der Waals surface area contributed by atoms with Crippen molar-refractivity contribution in [3.05, 3.63) is 80.4 Å². The largest absolute Gasteiger partial charge is 0.490 e. The molecule has 3 aromatic rings. The summed E-state index contributed by atoms with van der Waals surface area (Å²) in [7, 11) is -3.80. The van der Waals surface area contributed by atoms with Crippen LogP contribution in [0.1, 0.15) is 45.2 Å². The summed E-state index contributed by atoms with van der Waals surface area (Å²) in [5.41, 5.74) is 4.33. The summed E-state index contributed by atoms with van der Waals surface area (Å²) >= 11 is 3.37. The van der Waals surface area contributed by atoms with Gasteiger partial charge in [0.25, 0.3) is 0 Å². The standard InChI is InChI=1S/C28H33BrN2O7S/c1-6-35-28(32)25-20(4)24(38-39(5,33)34)15-23(29)26(25)36-13-12-30-16-22-18(2)14-19(3)31-27(22)37-17-21-10-8-7-9-11-21/h7-11,14-15,30H,6,12-13,16-17H2,1-5H3. The normalized spacial score (nSPS) is 11.2. The Morgan fingerprint density at radius 1 is 1.08 bits per heavy atom. The predicted molar refractivity (Wildman–Crippen MR) is 152 cm³/mol. The van der Waals surface area contributed by atoms with Crippen LogP contribution in [0.15, 0.2) is 46.9 Å². The molecule has 210 valence electrons. The summed E-state index contributed by atoms with van der Waals surface area (Å²) in [4.78, 5) is 17.3. The second-order valence-corrected chi connectivity index (χ2v) is 11.3. The van der Waals surface area contributed by atoms with Gasteiger partial charge in [-0.3, -0.25) is 0 Å². The number of nitrogens with zero attached hydrogens (tertiary/aromatic N) is 1. The van der Waals surface area contributed by atoms with Crippen molar-refractivity contribution in [2.24, 2.45) is 0 Å². The number of benzene rings is 2. The van der Waals surface area contributed by atoms with Crippen molar-refractivity contribution in [3.63, 3.8) is 0 Å². The quantitative estimate of drug-likeness (QED) is 0.160. The summed E-state index contributed by atoms with van der Waals surface area (Å²) < 4.78 is 46.0. The Bertz CT molecular complexity index is 1410. The minimum Gasteiger partial charge on any atom is -0.490 e. The smallest absolute Gasteiger partial charge is 0.342 e.